The molecule has 6 heteroatoms. The Morgan fingerprint density at radius 2 is 1.52 bits per heavy atom. The van der Waals surface area contributed by atoms with Crippen LogP contribution in [0.1, 0.15) is 26.7 Å². The standard InChI is InChI=1S/C17H26O5Si/c1-13(14(2)18)9-11-17(15(19)21-3,16(20)22-4)10-8-12-23(5,6)7/h9H,10-11H2,1-7H3/b13-9-. The Kier molecular flexibility index (Phi) is 7.97. The van der Waals surface area contributed by atoms with E-state index in [1.54, 1.807) is 13.0 Å². The lowest BCUT2D eigenvalue weighted by Gasteiger charge is -2.25. The Labute approximate surface area is 139 Å². The van der Waals surface area contributed by atoms with Crippen LogP contribution in [0.4, 0.5) is 0 Å². The van der Waals surface area contributed by atoms with E-state index in [-0.39, 0.29) is 18.6 Å². The number of rotatable bonds is 6. The molecule has 0 saturated heterocycles. The van der Waals surface area contributed by atoms with E-state index in [0.717, 1.165) is 0 Å². The van der Waals surface area contributed by atoms with Crippen LogP contribution < -0.4 is 0 Å². The summed E-state index contributed by atoms with van der Waals surface area (Å²) in [5.74, 6) is 1.41. The second-order valence-corrected chi connectivity index (χ2v) is 11.2. The van der Waals surface area contributed by atoms with E-state index in [2.05, 4.69) is 31.1 Å². The fourth-order valence-electron chi connectivity index (χ4n) is 1.79. The van der Waals surface area contributed by atoms with Crippen LogP contribution in [0, 0.1) is 16.9 Å². The van der Waals surface area contributed by atoms with E-state index in [4.69, 9.17) is 9.47 Å². The van der Waals surface area contributed by atoms with Gasteiger partial charge in [0.15, 0.2) is 11.2 Å². The van der Waals surface area contributed by atoms with E-state index < -0.39 is 25.4 Å². The highest BCUT2D eigenvalue weighted by molar-refractivity contribution is 6.83. The molecule has 5 nitrogen and oxygen atoms in total. The van der Waals surface area contributed by atoms with Gasteiger partial charge in [-0.15, -0.1) is 11.5 Å². The number of hydrogen-bond donors (Lipinski definition) is 0. The first-order valence-electron chi connectivity index (χ1n) is 7.34. The second-order valence-electron chi connectivity index (χ2n) is 6.44. The van der Waals surface area contributed by atoms with Gasteiger partial charge in [0.2, 0.25) is 0 Å². The predicted molar refractivity (Wildman–Crippen MR) is 91.3 cm³/mol. The van der Waals surface area contributed by atoms with Gasteiger partial charge in [0.05, 0.1) is 14.2 Å². The minimum absolute atomic E-state index is 0.00169. The molecule has 128 valence electrons. The molecule has 0 atom stereocenters. The second kappa shape index (κ2) is 8.68. The summed E-state index contributed by atoms with van der Waals surface area (Å²) in [6.45, 7) is 9.26. The van der Waals surface area contributed by atoms with E-state index >= 15 is 0 Å². The topological polar surface area (TPSA) is 69.7 Å². The number of carbonyl (C=O) groups is 3. The third-order valence-corrected chi connectivity index (χ3v) is 4.24. The molecule has 0 saturated carbocycles. The highest BCUT2D eigenvalue weighted by Crippen LogP contribution is 2.31. The molecule has 0 aromatic heterocycles. The van der Waals surface area contributed by atoms with Crippen LogP contribution in [-0.2, 0) is 23.9 Å². The third-order valence-electron chi connectivity index (χ3n) is 3.32. The zero-order valence-electron chi connectivity index (χ0n) is 15.0. The van der Waals surface area contributed by atoms with Gasteiger partial charge in [-0.25, -0.2) is 0 Å². The Morgan fingerprint density at radius 1 is 1.04 bits per heavy atom. The maximum absolute atomic E-state index is 12.3. The van der Waals surface area contributed by atoms with E-state index in [0.29, 0.717) is 5.57 Å². The SMILES string of the molecule is COC(=O)C(CC#C[Si](C)(C)C)(C/C=C(/C)C(C)=O)C(=O)OC. The molecule has 0 radical (unpaired) electrons. The maximum atomic E-state index is 12.3. The average Bonchev–Trinajstić information content (AvgIpc) is 2.47. The molecule has 23 heavy (non-hydrogen) atoms. The Bertz CT molecular complexity index is 542. The molecule has 0 bridgehead atoms. The van der Waals surface area contributed by atoms with Crippen molar-refractivity contribution in [3.8, 4) is 11.5 Å². The lowest BCUT2D eigenvalue weighted by Crippen LogP contribution is -2.41. The van der Waals surface area contributed by atoms with Crippen LogP contribution in [0.5, 0.6) is 0 Å². The summed E-state index contributed by atoms with van der Waals surface area (Å²) >= 11 is 0. The normalized spacial score (nSPS) is 12.0. The molecule has 0 aromatic rings. The third kappa shape index (κ3) is 6.41. The van der Waals surface area contributed by atoms with Gasteiger partial charge >= 0.3 is 11.9 Å². The van der Waals surface area contributed by atoms with Crippen molar-refractivity contribution in [2.75, 3.05) is 14.2 Å². The van der Waals surface area contributed by atoms with Gasteiger partial charge in [0, 0.05) is 6.42 Å². The summed E-state index contributed by atoms with van der Waals surface area (Å²) in [5.41, 5.74) is 2.05. The van der Waals surface area contributed by atoms with Gasteiger partial charge in [-0.1, -0.05) is 25.7 Å². The zero-order chi connectivity index (χ0) is 18.3. The number of carbonyl (C=O) groups excluding carboxylic acids is 3. The van der Waals surface area contributed by atoms with Gasteiger partial charge in [-0.2, -0.15) is 0 Å². The molecule has 0 aliphatic rings. The van der Waals surface area contributed by atoms with Crippen molar-refractivity contribution in [2.24, 2.45) is 5.41 Å². The summed E-state index contributed by atoms with van der Waals surface area (Å²) in [5, 5.41) is 0. The van der Waals surface area contributed by atoms with Gasteiger partial charge in [0.25, 0.3) is 0 Å². The molecule has 0 spiro atoms. The number of methoxy groups -OCH3 is 2. The molecular weight excluding hydrogens is 312 g/mol. The van der Waals surface area contributed by atoms with E-state index in [1.807, 2.05) is 0 Å². The molecule has 0 fully saturated rings. The molecule has 0 aliphatic carbocycles. The monoisotopic (exact) mass is 338 g/mol. The van der Waals surface area contributed by atoms with Crippen LogP contribution >= 0.6 is 0 Å². The number of Topliss-reactive ketones (excluding diaryl/α,β-unsaturated/α-hetero) is 1. The Hall–Kier alpha value is -1.87. The van der Waals surface area contributed by atoms with Gasteiger partial charge in [-0.05, 0) is 25.8 Å². The van der Waals surface area contributed by atoms with E-state index in [9.17, 15) is 14.4 Å². The van der Waals surface area contributed by atoms with Crippen molar-refractivity contribution in [1.29, 1.82) is 0 Å². The molecule has 0 aromatic carbocycles. The molecule has 0 heterocycles. The first-order valence-corrected chi connectivity index (χ1v) is 10.8. The van der Waals surface area contributed by atoms with E-state index in [1.165, 1.54) is 21.1 Å². The summed E-state index contributed by atoms with van der Waals surface area (Å²) in [7, 11) is 0.787. The molecule has 0 amide bonds. The van der Waals surface area contributed by atoms with Crippen molar-refractivity contribution in [1.82, 2.24) is 0 Å². The fraction of sp³-hybridized carbons (Fsp3) is 0.588. The minimum atomic E-state index is -1.64. The first kappa shape index (κ1) is 21.1. The molecule has 0 aliphatic heterocycles. The van der Waals surface area contributed by atoms with Crippen LogP contribution in [0.2, 0.25) is 19.6 Å². The van der Waals surface area contributed by atoms with Crippen LogP contribution in [0.15, 0.2) is 11.6 Å². The average molecular weight is 338 g/mol. The smallest absolute Gasteiger partial charge is 0.324 e. The number of esters is 2. The zero-order valence-corrected chi connectivity index (χ0v) is 16.0. The highest BCUT2D eigenvalue weighted by atomic mass is 28.3. The van der Waals surface area contributed by atoms with Crippen molar-refractivity contribution in [2.45, 2.75) is 46.3 Å². The van der Waals surface area contributed by atoms with Crippen molar-refractivity contribution in [3.05, 3.63) is 11.6 Å². The highest BCUT2D eigenvalue weighted by Gasteiger charge is 2.47. The molecule has 0 N–H and O–H groups in total. The Morgan fingerprint density at radius 3 is 1.87 bits per heavy atom. The summed E-state index contributed by atoms with van der Waals surface area (Å²) in [4.78, 5) is 35.9. The quantitative estimate of drug-likeness (QED) is 0.245. The van der Waals surface area contributed by atoms with Crippen molar-refractivity contribution >= 4 is 25.8 Å². The van der Waals surface area contributed by atoms with Gasteiger partial charge < -0.3 is 9.47 Å². The number of ketones is 1. The van der Waals surface area contributed by atoms with Crippen LogP contribution in [0.3, 0.4) is 0 Å². The first-order chi connectivity index (χ1) is 10.5. The Balaban J connectivity index is 5.83. The van der Waals surface area contributed by atoms with Gasteiger partial charge in [0.1, 0.15) is 8.07 Å². The van der Waals surface area contributed by atoms with Crippen molar-refractivity contribution in [3.63, 3.8) is 0 Å². The van der Waals surface area contributed by atoms with Crippen molar-refractivity contribution < 1.29 is 23.9 Å². The molecule has 0 unspecified atom stereocenters. The largest absolute Gasteiger partial charge is 0.468 e. The molecular formula is C17H26O5Si. The lowest BCUT2D eigenvalue weighted by atomic mass is 9.80. The van der Waals surface area contributed by atoms with Gasteiger partial charge in [-0.3, -0.25) is 14.4 Å². The number of hydrogen-bond acceptors (Lipinski definition) is 5. The fourth-order valence-corrected chi connectivity index (χ4v) is 2.41. The summed E-state index contributed by atoms with van der Waals surface area (Å²) < 4.78 is 9.61. The minimum Gasteiger partial charge on any atom is -0.468 e. The lowest BCUT2D eigenvalue weighted by molar-refractivity contribution is -0.168. The van der Waals surface area contributed by atoms with Crippen LogP contribution in [0.25, 0.3) is 0 Å². The summed E-state index contributed by atoms with van der Waals surface area (Å²) in [6, 6.07) is 0. The van der Waals surface area contributed by atoms with Crippen LogP contribution in [-0.4, -0.2) is 40.0 Å². The predicted octanol–water partition coefficient (Wildman–Crippen LogP) is 2.52. The number of ether oxygens (including phenoxy) is 2. The summed E-state index contributed by atoms with van der Waals surface area (Å²) in [6.07, 6.45) is 1.57. The number of allylic oxidation sites excluding steroid dienone is 2. The molecule has 0 rings (SSSR count). The maximum Gasteiger partial charge on any atom is 0.324 e.